The number of H-pyrrole nitrogens is 1. The van der Waals surface area contributed by atoms with Gasteiger partial charge in [0.1, 0.15) is 6.07 Å². The van der Waals surface area contributed by atoms with E-state index in [4.69, 9.17) is 0 Å². The number of hydrogen-bond acceptors (Lipinski definition) is 4. The number of para-hydroxylation sites is 2. The van der Waals surface area contributed by atoms with E-state index in [1.54, 1.807) is 32.1 Å². The second-order valence-corrected chi connectivity index (χ2v) is 8.42. The van der Waals surface area contributed by atoms with Gasteiger partial charge in [0.15, 0.2) is 5.65 Å². The summed E-state index contributed by atoms with van der Waals surface area (Å²) in [6.45, 7) is 3.48. The minimum Gasteiger partial charge on any atom is -0.295 e. The van der Waals surface area contributed by atoms with E-state index in [1.165, 1.54) is 9.08 Å². The van der Waals surface area contributed by atoms with E-state index < -0.39 is 0 Å². The van der Waals surface area contributed by atoms with Crippen molar-refractivity contribution in [2.24, 2.45) is 0 Å². The molecule has 0 bridgehead atoms. The van der Waals surface area contributed by atoms with Crippen LogP contribution in [0.5, 0.6) is 0 Å². The molecule has 0 aliphatic rings. The molecule has 1 N–H and O–H groups in total. The van der Waals surface area contributed by atoms with Gasteiger partial charge in [0.05, 0.1) is 27.8 Å². The minimum absolute atomic E-state index is 0.284. The molecule has 8 heteroatoms. The summed E-state index contributed by atoms with van der Waals surface area (Å²) in [4.78, 5) is 31.2. The number of nitriles is 1. The highest BCUT2D eigenvalue weighted by Crippen LogP contribution is 2.18. The summed E-state index contributed by atoms with van der Waals surface area (Å²) in [5.41, 5.74) is 3.42. The number of imidazole rings is 1. The molecule has 5 rings (SSSR count). The lowest BCUT2D eigenvalue weighted by atomic mass is 10.1. The molecule has 3 heterocycles. The van der Waals surface area contributed by atoms with E-state index >= 15 is 0 Å². The fourth-order valence-electron chi connectivity index (χ4n) is 3.96. The molecule has 0 fully saturated rings. The van der Waals surface area contributed by atoms with E-state index in [0.29, 0.717) is 44.8 Å². The minimum atomic E-state index is -0.320. The smallest absolute Gasteiger partial charge is 0.278 e. The van der Waals surface area contributed by atoms with Gasteiger partial charge in [-0.1, -0.05) is 34.1 Å². The Labute approximate surface area is 190 Å². The lowest BCUT2D eigenvalue weighted by molar-refractivity contribution is 0.834. The first-order valence-electron chi connectivity index (χ1n) is 9.84. The number of fused-ring (bicyclic) bond motifs is 3. The van der Waals surface area contributed by atoms with Crippen LogP contribution < -0.4 is 16.3 Å². The van der Waals surface area contributed by atoms with Crippen LogP contribution in [-0.2, 0) is 0 Å². The molecule has 0 aliphatic carbocycles. The Morgan fingerprint density at radius 3 is 2.62 bits per heavy atom. The quantitative estimate of drug-likeness (QED) is 0.415. The highest BCUT2D eigenvalue weighted by atomic mass is 79.9. The Kier molecular flexibility index (Phi) is 4.57. The molecule has 2 aromatic carbocycles. The van der Waals surface area contributed by atoms with Gasteiger partial charge in [0.25, 0.3) is 11.1 Å². The normalized spacial score (nSPS) is 12.0. The summed E-state index contributed by atoms with van der Waals surface area (Å²) in [7, 11) is 0. The Morgan fingerprint density at radius 1 is 1.09 bits per heavy atom. The second-order valence-electron chi connectivity index (χ2n) is 7.51. The number of benzene rings is 2. The van der Waals surface area contributed by atoms with Gasteiger partial charge < -0.3 is 0 Å². The van der Waals surface area contributed by atoms with Gasteiger partial charge in [-0.3, -0.25) is 19.1 Å². The summed E-state index contributed by atoms with van der Waals surface area (Å²) in [6.07, 6.45) is 1.56. The third-order valence-corrected chi connectivity index (χ3v) is 6.07. The third-order valence-electron chi connectivity index (χ3n) is 5.58. The van der Waals surface area contributed by atoms with E-state index in [0.717, 1.165) is 4.47 Å². The van der Waals surface area contributed by atoms with Gasteiger partial charge in [-0.05, 0) is 55.8 Å². The molecule has 156 valence electrons. The molecule has 0 atom stereocenters. The number of nitrogens with zero attached hydrogens (tertiary/aromatic N) is 4. The highest BCUT2D eigenvalue weighted by Gasteiger charge is 2.17. The fraction of sp³-hybridized carbons (Fsp3) is 0.0833. The van der Waals surface area contributed by atoms with Crippen molar-refractivity contribution in [2.45, 2.75) is 13.8 Å². The maximum Gasteiger partial charge on any atom is 0.278 e. The zero-order chi connectivity index (χ0) is 22.6. The van der Waals surface area contributed by atoms with Crippen LogP contribution in [0.2, 0.25) is 0 Å². The summed E-state index contributed by atoms with van der Waals surface area (Å²) >= 11 is 3.42. The van der Waals surface area contributed by atoms with Crippen molar-refractivity contribution in [3.05, 3.63) is 101 Å². The predicted octanol–water partition coefficient (Wildman–Crippen LogP) is 3.13. The molecule has 0 amide bonds. The number of aromatic amines is 1. The number of nitrogens with one attached hydrogen (secondary N) is 1. The third kappa shape index (κ3) is 2.90. The van der Waals surface area contributed by atoms with Gasteiger partial charge in [-0.25, -0.2) is 9.67 Å². The largest absolute Gasteiger partial charge is 0.295 e. The number of pyridine rings is 1. The number of hydrogen-bond donors (Lipinski definition) is 1. The molecular formula is C24H16BrN5O2. The van der Waals surface area contributed by atoms with Crippen LogP contribution in [0, 0.1) is 25.2 Å². The summed E-state index contributed by atoms with van der Waals surface area (Å²) in [5.74, 6) is 0. The van der Waals surface area contributed by atoms with Crippen molar-refractivity contribution < 1.29 is 0 Å². The first kappa shape index (κ1) is 20.0. The van der Waals surface area contributed by atoms with Crippen LogP contribution >= 0.6 is 15.9 Å². The standard InChI is InChI=1S/C24H16BrN5O2/c1-13-17(11-18-14(2)28-30(24(18)32)16-7-5-6-15(25)10-16)23(31)29-21-9-4-3-8-20(21)27-22(29)19(13)12-26/h3-11,28H,1-2H3/b17-11+. The lowest BCUT2D eigenvalue weighted by Crippen LogP contribution is -2.34. The van der Waals surface area contributed by atoms with Crippen LogP contribution in [-0.4, -0.2) is 19.2 Å². The number of halogens is 1. The van der Waals surface area contributed by atoms with Crippen LogP contribution in [0.25, 0.3) is 28.4 Å². The molecule has 0 radical (unpaired) electrons. The Hall–Kier alpha value is -3.96. The van der Waals surface area contributed by atoms with Crippen LogP contribution in [0.1, 0.15) is 22.4 Å². The maximum atomic E-state index is 13.5. The van der Waals surface area contributed by atoms with Gasteiger partial charge >= 0.3 is 0 Å². The molecule has 0 saturated carbocycles. The molecule has 0 saturated heterocycles. The first-order valence-corrected chi connectivity index (χ1v) is 10.6. The van der Waals surface area contributed by atoms with E-state index in [2.05, 4.69) is 32.1 Å². The van der Waals surface area contributed by atoms with Crippen molar-refractivity contribution in [1.82, 2.24) is 19.2 Å². The molecule has 0 unspecified atom stereocenters. The van der Waals surface area contributed by atoms with Crippen molar-refractivity contribution in [2.75, 3.05) is 0 Å². The van der Waals surface area contributed by atoms with Crippen molar-refractivity contribution in [3.8, 4) is 11.8 Å². The maximum absolute atomic E-state index is 13.5. The monoisotopic (exact) mass is 485 g/mol. The zero-order valence-corrected chi connectivity index (χ0v) is 18.8. The average Bonchev–Trinajstić information content (AvgIpc) is 3.29. The molecule has 7 nitrogen and oxygen atoms in total. The number of aromatic nitrogens is 4. The number of aryl methyl sites for hydroxylation is 1. The Bertz CT molecular complexity index is 1770. The van der Waals surface area contributed by atoms with Gasteiger partial charge in [-0.15, -0.1) is 0 Å². The van der Waals surface area contributed by atoms with E-state index in [9.17, 15) is 14.9 Å². The fourth-order valence-corrected chi connectivity index (χ4v) is 4.34. The predicted molar refractivity (Wildman–Crippen MR) is 126 cm³/mol. The summed E-state index contributed by atoms with van der Waals surface area (Å²) in [5, 5.41) is 13.2. The highest BCUT2D eigenvalue weighted by molar-refractivity contribution is 9.10. The summed E-state index contributed by atoms with van der Waals surface area (Å²) in [6, 6.07) is 16.8. The van der Waals surface area contributed by atoms with E-state index in [1.807, 2.05) is 36.4 Å². The van der Waals surface area contributed by atoms with Crippen molar-refractivity contribution in [1.29, 1.82) is 5.26 Å². The van der Waals surface area contributed by atoms with Gasteiger partial charge in [0.2, 0.25) is 0 Å². The Balaban J connectivity index is 1.86. The number of rotatable bonds is 2. The topological polar surface area (TPSA) is 95.9 Å². The zero-order valence-electron chi connectivity index (χ0n) is 17.2. The lowest BCUT2D eigenvalue weighted by Gasteiger charge is -2.02. The van der Waals surface area contributed by atoms with E-state index in [-0.39, 0.29) is 16.3 Å². The molecule has 3 aromatic heterocycles. The van der Waals surface area contributed by atoms with Crippen molar-refractivity contribution >= 4 is 38.7 Å². The molecular weight excluding hydrogens is 470 g/mol. The molecule has 0 aliphatic heterocycles. The molecule has 32 heavy (non-hydrogen) atoms. The van der Waals surface area contributed by atoms with Crippen LogP contribution in [0.3, 0.4) is 0 Å². The molecule has 5 aromatic rings. The Morgan fingerprint density at radius 2 is 1.88 bits per heavy atom. The van der Waals surface area contributed by atoms with Crippen LogP contribution in [0.15, 0.2) is 62.6 Å². The SMILES string of the molecule is Cc1[nH]n(-c2cccc(Br)c2)c(=O)c1/C=c1\c(C)c(C#N)c2nc3ccccc3n2c1=O. The van der Waals surface area contributed by atoms with Crippen molar-refractivity contribution in [3.63, 3.8) is 0 Å². The average molecular weight is 486 g/mol. The van der Waals surface area contributed by atoms with Crippen LogP contribution in [0.4, 0.5) is 0 Å². The molecule has 0 spiro atoms. The first-order chi connectivity index (χ1) is 15.4. The van der Waals surface area contributed by atoms with Gasteiger partial charge in [0, 0.05) is 15.4 Å². The summed E-state index contributed by atoms with van der Waals surface area (Å²) < 4.78 is 3.72. The second kappa shape index (κ2) is 7.32. The van der Waals surface area contributed by atoms with Gasteiger partial charge in [-0.2, -0.15) is 5.26 Å².